The first-order valence-electron chi connectivity index (χ1n) is 9.88. The minimum Gasteiger partial charge on any atom is -0.481 e. The summed E-state index contributed by atoms with van der Waals surface area (Å²) < 4.78 is 33.5. The number of benzene rings is 3. The molecule has 0 saturated carbocycles. The van der Waals surface area contributed by atoms with Gasteiger partial charge in [-0.15, -0.1) is 0 Å². The second-order valence-corrected chi connectivity index (χ2v) is 9.17. The summed E-state index contributed by atoms with van der Waals surface area (Å²) in [5, 5.41) is 2.74. The van der Waals surface area contributed by atoms with Gasteiger partial charge in [0.05, 0.1) is 4.90 Å². The third kappa shape index (κ3) is 5.86. The summed E-state index contributed by atoms with van der Waals surface area (Å²) >= 11 is 0. The zero-order valence-electron chi connectivity index (χ0n) is 18.0. The molecule has 0 heterocycles. The van der Waals surface area contributed by atoms with Crippen molar-refractivity contribution in [3.63, 3.8) is 0 Å². The van der Waals surface area contributed by atoms with Crippen LogP contribution in [0.3, 0.4) is 0 Å². The van der Waals surface area contributed by atoms with Crippen LogP contribution in [0.4, 0.5) is 11.4 Å². The fraction of sp³-hybridized carbons (Fsp3) is 0.208. The van der Waals surface area contributed by atoms with E-state index in [9.17, 15) is 13.2 Å². The number of amides is 1. The summed E-state index contributed by atoms with van der Waals surface area (Å²) in [5.41, 5.74) is 4.17. The smallest absolute Gasteiger partial charge is 0.265 e. The lowest BCUT2D eigenvalue weighted by Crippen LogP contribution is -2.30. The summed E-state index contributed by atoms with van der Waals surface area (Å²) in [4.78, 5) is 12.5. The number of carbonyl (C=O) groups excluding carboxylic acids is 1. The molecule has 6 nitrogen and oxygen atoms in total. The van der Waals surface area contributed by atoms with Gasteiger partial charge in [-0.2, -0.15) is 0 Å². The Bertz CT molecular complexity index is 1170. The Morgan fingerprint density at radius 3 is 2.06 bits per heavy atom. The Balaban J connectivity index is 1.63. The number of hydrogen-bond donors (Lipinski definition) is 2. The van der Waals surface area contributed by atoms with Crippen molar-refractivity contribution < 1.29 is 17.9 Å². The summed E-state index contributed by atoms with van der Waals surface area (Å²) in [6.45, 7) is 7.52. The van der Waals surface area contributed by atoms with Crippen molar-refractivity contribution in [3.05, 3.63) is 83.4 Å². The molecule has 1 amide bonds. The Hall–Kier alpha value is -3.32. The van der Waals surface area contributed by atoms with Gasteiger partial charge in [0, 0.05) is 11.4 Å². The average molecular weight is 439 g/mol. The van der Waals surface area contributed by atoms with Crippen molar-refractivity contribution in [2.45, 2.75) is 38.7 Å². The third-order valence-electron chi connectivity index (χ3n) is 4.89. The van der Waals surface area contributed by atoms with Crippen LogP contribution >= 0.6 is 0 Å². The molecule has 31 heavy (non-hydrogen) atoms. The molecule has 7 heteroatoms. The summed E-state index contributed by atoms with van der Waals surface area (Å²) in [6, 6.07) is 18.8. The van der Waals surface area contributed by atoms with Crippen molar-refractivity contribution >= 4 is 27.3 Å². The molecule has 0 bridgehead atoms. The Morgan fingerprint density at radius 1 is 0.839 bits per heavy atom. The van der Waals surface area contributed by atoms with E-state index in [0.29, 0.717) is 17.1 Å². The zero-order chi connectivity index (χ0) is 22.6. The largest absolute Gasteiger partial charge is 0.481 e. The normalized spacial score (nSPS) is 12.1. The van der Waals surface area contributed by atoms with E-state index in [2.05, 4.69) is 10.0 Å². The molecule has 0 aliphatic heterocycles. The second kappa shape index (κ2) is 9.22. The van der Waals surface area contributed by atoms with Crippen LogP contribution in [0.5, 0.6) is 5.75 Å². The molecule has 0 saturated heterocycles. The Morgan fingerprint density at radius 2 is 1.45 bits per heavy atom. The van der Waals surface area contributed by atoms with Crippen LogP contribution in [0, 0.1) is 20.8 Å². The molecule has 162 valence electrons. The van der Waals surface area contributed by atoms with Crippen molar-refractivity contribution in [1.82, 2.24) is 0 Å². The SMILES string of the molecule is Cc1ccc(OC(C)C(=O)Nc2ccc(S(=O)(=O)Nc3ccc(C)c(C)c3)cc2)cc1. The standard InChI is InChI=1S/C24H26N2O4S/c1-16-5-11-22(12-6-16)30-19(4)24(27)25-20-9-13-23(14-10-20)31(28,29)26-21-8-7-17(2)18(3)15-21/h5-15,19,26H,1-4H3,(H,25,27). The van der Waals surface area contributed by atoms with E-state index in [1.54, 1.807) is 43.3 Å². The predicted molar refractivity (Wildman–Crippen MR) is 123 cm³/mol. The first-order valence-corrected chi connectivity index (χ1v) is 11.4. The minimum absolute atomic E-state index is 0.104. The summed E-state index contributed by atoms with van der Waals surface area (Å²) in [5.74, 6) is 0.275. The van der Waals surface area contributed by atoms with Crippen molar-refractivity contribution in [2.75, 3.05) is 10.0 Å². The van der Waals surface area contributed by atoms with Gasteiger partial charge in [0.15, 0.2) is 6.10 Å². The van der Waals surface area contributed by atoms with Gasteiger partial charge in [-0.3, -0.25) is 9.52 Å². The number of sulfonamides is 1. The molecule has 0 fully saturated rings. The van der Waals surface area contributed by atoms with E-state index in [1.165, 1.54) is 12.1 Å². The molecule has 0 aliphatic rings. The highest BCUT2D eigenvalue weighted by molar-refractivity contribution is 7.92. The number of hydrogen-bond acceptors (Lipinski definition) is 4. The van der Waals surface area contributed by atoms with E-state index in [4.69, 9.17) is 4.74 Å². The predicted octanol–water partition coefficient (Wildman–Crippen LogP) is 4.82. The van der Waals surface area contributed by atoms with Gasteiger partial charge in [0.1, 0.15) is 5.75 Å². The van der Waals surface area contributed by atoms with Gasteiger partial charge in [0.2, 0.25) is 0 Å². The molecule has 1 atom stereocenters. The molecular weight excluding hydrogens is 412 g/mol. The van der Waals surface area contributed by atoms with Gasteiger partial charge in [0.25, 0.3) is 15.9 Å². The van der Waals surface area contributed by atoms with Crippen LogP contribution < -0.4 is 14.8 Å². The molecule has 1 unspecified atom stereocenters. The average Bonchev–Trinajstić information content (AvgIpc) is 2.72. The van der Waals surface area contributed by atoms with Crippen LogP contribution in [0.1, 0.15) is 23.6 Å². The van der Waals surface area contributed by atoms with Gasteiger partial charge >= 0.3 is 0 Å². The fourth-order valence-corrected chi connectivity index (χ4v) is 3.90. The monoisotopic (exact) mass is 438 g/mol. The summed E-state index contributed by atoms with van der Waals surface area (Å²) in [6.07, 6.45) is -0.711. The maximum atomic E-state index is 12.6. The number of ether oxygens (including phenoxy) is 1. The van der Waals surface area contributed by atoms with Gasteiger partial charge in [-0.25, -0.2) is 8.42 Å². The molecule has 3 aromatic rings. The molecule has 0 aliphatic carbocycles. The highest BCUT2D eigenvalue weighted by Crippen LogP contribution is 2.21. The topological polar surface area (TPSA) is 84.5 Å². The van der Waals surface area contributed by atoms with Gasteiger partial charge in [-0.05, 0) is 87.4 Å². The van der Waals surface area contributed by atoms with Crippen molar-refractivity contribution in [1.29, 1.82) is 0 Å². The molecule has 0 aromatic heterocycles. The second-order valence-electron chi connectivity index (χ2n) is 7.49. The molecule has 2 N–H and O–H groups in total. The number of rotatable bonds is 7. The van der Waals surface area contributed by atoms with Crippen molar-refractivity contribution in [3.8, 4) is 5.75 Å². The maximum Gasteiger partial charge on any atom is 0.265 e. The third-order valence-corrected chi connectivity index (χ3v) is 6.29. The minimum atomic E-state index is -3.74. The van der Waals surface area contributed by atoms with Crippen LogP contribution in [0.15, 0.2) is 71.6 Å². The number of carbonyl (C=O) groups is 1. The lowest BCUT2D eigenvalue weighted by atomic mass is 10.1. The van der Waals surface area contributed by atoms with Crippen molar-refractivity contribution in [2.24, 2.45) is 0 Å². The fourth-order valence-electron chi connectivity index (χ4n) is 2.85. The summed E-state index contributed by atoms with van der Waals surface area (Å²) in [7, 11) is -3.74. The van der Waals surface area contributed by atoms with Crippen LogP contribution in [-0.2, 0) is 14.8 Å². The molecule has 3 rings (SSSR count). The van der Waals surface area contributed by atoms with E-state index < -0.39 is 16.1 Å². The highest BCUT2D eigenvalue weighted by Gasteiger charge is 2.17. The first-order chi connectivity index (χ1) is 14.6. The molecule has 0 spiro atoms. The molecular formula is C24H26N2O4S. The van der Waals surface area contributed by atoms with E-state index >= 15 is 0 Å². The maximum absolute atomic E-state index is 12.6. The van der Waals surface area contributed by atoms with E-state index in [1.807, 2.05) is 39.0 Å². The van der Waals surface area contributed by atoms with Gasteiger partial charge < -0.3 is 10.1 Å². The first kappa shape index (κ1) is 22.4. The number of nitrogens with one attached hydrogen (secondary N) is 2. The molecule has 3 aromatic carbocycles. The van der Waals surface area contributed by atoms with Crippen LogP contribution in [0.2, 0.25) is 0 Å². The van der Waals surface area contributed by atoms with E-state index in [0.717, 1.165) is 16.7 Å². The Labute approximate surface area is 183 Å². The van der Waals surface area contributed by atoms with Gasteiger partial charge in [-0.1, -0.05) is 23.8 Å². The number of aryl methyl sites for hydroxylation is 3. The molecule has 0 radical (unpaired) electrons. The number of anilines is 2. The highest BCUT2D eigenvalue weighted by atomic mass is 32.2. The van der Waals surface area contributed by atoms with Crippen LogP contribution in [-0.4, -0.2) is 20.4 Å². The zero-order valence-corrected chi connectivity index (χ0v) is 18.8. The van der Waals surface area contributed by atoms with Crippen LogP contribution in [0.25, 0.3) is 0 Å². The lowest BCUT2D eigenvalue weighted by molar-refractivity contribution is -0.122. The quantitative estimate of drug-likeness (QED) is 0.554. The van der Waals surface area contributed by atoms with E-state index in [-0.39, 0.29) is 10.8 Å². The lowest BCUT2D eigenvalue weighted by Gasteiger charge is -2.15. The Kier molecular flexibility index (Phi) is 6.65.